The number of unbranched alkanes of at least 4 members (excludes halogenated alkanes) is 1. The minimum atomic E-state index is -4.90. The molecule has 17 nitrogen and oxygen atoms in total. The summed E-state index contributed by atoms with van der Waals surface area (Å²) in [5, 5.41) is 14.8. The van der Waals surface area contributed by atoms with Crippen LogP contribution >= 0.6 is 7.82 Å². The lowest BCUT2D eigenvalue weighted by Crippen LogP contribution is -2.32. The van der Waals surface area contributed by atoms with Crippen molar-refractivity contribution in [3.05, 3.63) is 53.3 Å². The molecular weight excluding hydrogens is 711 g/mol. The van der Waals surface area contributed by atoms with Crippen molar-refractivity contribution in [1.82, 2.24) is 24.9 Å². The number of rotatable bonds is 19. The van der Waals surface area contributed by atoms with E-state index in [0.717, 1.165) is 41.6 Å². The average Bonchev–Trinajstić information content (AvgIpc) is 3.63. The molecule has 0 spiro atoms. The van der Waals surface area contributed by atoms with Gasteiger partial charge in [-0.2, -0.15) is 0 Å². The Hall–Kier alpha value is -5.09. The SMILES string of the molecule is CCCCc1nc2c(N)nc3cc(CCCOCCCNC(=O)CCC(=O)ON4C(=O)CCC4=O)ccc3c2n1Cc1cccc(OP(=O)(O)O)c1O. The first-order valence-electron chi connectivity index (χ1n) is 17.4. The Balaban J connectivity index is 1.14. The fourth-order valence-electron chi connectivity index (χ4n) is 5.91. The number of anilines is 1. The number of carbonyl (C=O) groups excluding carboxylic acids is 4. The number of pyridine rings is 1. The van der Waals surface area contributed by atoms with Gasteiger partial charge in [0.2, 0.25) is 5.91 Å². The highest BCUT2D eigenvalue weighted by atomic mass is 31.2. The molecule has 284 valence electrons. The number of imide groups is 1. The molecule has 0 aliphatic carbocycles. The molecule has 3 heterocycles. The van der Waals surface area contributed by atoms with E-state index in [0.29, 0.717) is 60.7 Å². The molecule has 1 fully saturated rings. The van der Waals surface area contributed by atoms with Crippen LogP contribution in [-0.4, -0.2) is 77.9 Å². The van der Waals surface area contributed by atoms with Gasteiger partial charge in [0.25, 0.3) is 11.8 Å². The molecule has 3 amide bonds. The molecule has 53 heavy (non-hydrogen) atoms. The summed E-state index contributed by atoms with van der Waals surface area (Å²) in [6.07, 6.45) is 4.02. The van der Waals surface area contributed by atoms with Gasteiger partial charge in [-0.05, 0) is 43.4 Å². The number of hydrogen-bond donors (Lipinski definition) is 5. The normalized spacial score (nSPS) is 13.3. The summed E-state index contributed by atoms with van der Waals surface area (Å²) >= 11 is 0. The zero-order valence-corrected chi connectivity index (χ0v) is 30.2. The molecule has 6 N–H and O–H groups in total. The highest BCUT2D eigenvalue weighted by Crippen LogP contribution is 2.43. The highest BCUT2D eigenvalue weighted by molar-refractivity contribution is 7.46. The van der Waals surface area contributed by atoms with Crippen LogP contribution in [0, 0.1) is 0 Å². The van der Waals surface area contributed by atoms with Gasteiger partial charge < -0.3 is 34.8 Å². The summed E-state index contributed by atoms with van der Waals surface area (Å²) in [5.41, 5.74) is 9.76. The highest BCUT2D eigenvalue weighted by Gasteiger charge is 2.33. The number of ether oxygens (including phenoxy) is 1. The van der Waals surface area contributed by atoms with Gasteiger partial charge in [0.1, 0.15) is 11.3 Å². The lowest BCUT2D eigenvalue weighted by molar-refractivity contribution is -0.197. The summed E-state index contributed by atoms with van der Waals surface area (Å²) in [7, 11) is -4.90. The predicted molar refractivity (Wildman–Crippen MR) is 191 cm³/mol. The van der Waals surface area contributed by atoms with E-state index < -0.39 is 25.6 Å². The second kappa shape index (κ2) is 17.6. The zero-order chi connectivity index (χ0) is 38.1. The molecule has 0 unspecified atom stereocenters. The van der Waals surface area contributed by atoms with E-state index in [-0.39, 0.29) is 55.5 Å². The first-order chi connectivity index (χ1) is 25.3. The number of amides is 3. The number of phosphoric ester groups is 1. The van der Waals surface area contributed by atoms with Crippen molar-refractivity contribution in [1.29, 1.82) is 0 Å². The van der Waals surface area contributed by atoms with Crippen molar-refractivity contribution in [2.24, 2.45) is 0 Å². The van der Waals surface area contributed by atoms with Crippen LogP contribution in [0.4, 0.5) is 5.82 Å². The van der Waals surface area contributed by atoms with Crippen molar-refractivity contribution in [3.8, 4) is 11.5 Å². The number of phosphoric acid groups is 1. The Kier molecular flexibility index (Phi) is 13.0. The molecular formula is C35H43N6O11P. The van der Waals surface area contributed by atoms with Crippen molar-refractivity contribution < 1.29 is 52.7 Å². The number of hydrogen-bond acceptors (Lipinski definition) is 12. The molecule has 1 saturated heterocycles. The van der Waals surface area contributed by atoms with Crippen molar-refractivity contribution in [3.63, 3.8) is 0 Å². The van der Waals surface area contributed by atoms with E-state index in [4.69, 9.17) is 24.8 Å². The molecule has 0 saturated carbocycles. The number of aromatic hydroxyl groups is 1. The number of para-hydroxylation sites is 1. The van der Waals surface area contributed by atoms with Crippen LogP contribution in [0.1, 0.15) is 75.2 Å². The molecule has 1 aliphatic rings. The number of imidazole rings is 1. The third-order valence-electron chi connectivity index (χ3n) is 8.53. The maximum Gasteiger partial charge on any atom is 0.524 e. The minimum absolute atomic E-state index is 0.000673. The Morgan fingerprint density at radius 3 is 2.49 bits per heavy atom. The lowest BCUT2D eigenvalue weighted by atomic mass is 10.1. The van der Waals surface area contributed by atoms with Crippen LogP contribution in [0.5, 0.6) is 11.5 Å². The zero-order valence-electron chi connectivity index (χ0n) is 29.3. The summed E-state index contributed by atoms with van der Waals surface area (Å²) < 4.78 is 23.8. The largest absolute Gasteiger partial charge is 0.524 e. The van der Waals surface area contributed by atoms with Gasteiger partial charge in [0.15, 0.2) is 17.3 Å². The van der Waals surface area contributed by atoms with E-state index in [1.807, 2.05) is 22.8 Å². The fraction of sp³-hybridized carbons (Fsp3) is 0.429. The number of phenols is 1. The van der Waals surface area contributed by atoms with Crippen LogP contribution < -0.4 is 15.6 Å². The van der Waals surface area contributed by atoms with Crippen LogP contribution in [0.2, 0.25) is 0 Å². The van der Waals surface area contributed by atoms with Crippen LogP contribution in [0.25, 0.3) is 21.9 Å². The molecule has 2 aromatic carbocycles. The first kappa shape index (κ1) is 39.1. The van der Waals surface area contributed by atoms with Gasteiger partial charge in [-0.25, -0.2) is 19.3 Å². The standard InChI is InChI=1S/C35H43N6O11P/c1-2-3-10-27-39-32-33(40(27)21-23-8-4-9-26(34(23)46)52-53(47,48)49)24-12-11-22(20-25(24)38-35(32)36)7-5-18-50-19-6-17-37-28(42)13-16-31(45)51-41-29(43)14-15-30(41)44/h4,8-9,11-12,20,46H,2-3,5-7,10,13-19,21H2,1H3,(H2,36,38)(H,37,42)(H2,47,48,49). The smallest absolute Gasteiger partial charge is 0.504 e. The van der Waals surface area contributed by atoms with Gasteiger partial charge in [-0.15, -0.1) is 5.06 Å². The number of aryl methyl sites for hydroxylation is 2. The molecule has 5 rings (SSSR count). The molecule has 2 aromatic heterocycles. The second-order valence-electron chi connectivity index (χ2n) is 12.6. The van der Waals surface area contributed by atoms with E-state index in [1.165, 1.54) is 6.07 Å². The number of nitrogens with two attached hydrogens (primary N) is 1. The summed E-state index contributed by atoms with van der Waals surface area (Å²) in [6, 6.07) is 10.4. The molecule has 0 radical (unpaired) electrons. The van der Waals surface area contributed by atoms with Gasteiger partial charge in [-0.1, -0.05) is 37.6 Å². The summed E-state index contributed by atoms with van der Waals surface area (Å²) in [4.78, 5) is 79.7. The Bertz CT molecular complexity index is 2030. The van der Waals surface area contributed by atoms with E-state index >= 15 is 0 Å². The number of nitrogens with one attached hydrogen (secondary N) is 1. The molecule has 0 bridgehead atoms. The average molecular weight is 755 g/mol. The Morgan fingerprint density at radius 2 is 1.75 bits per heavy atom. The van der Waals surface area contributed by atoms with Gasteiger partial charge >= 0.3 is 13.8 Å². The minimum Gasteiger partial charge on any atom is -0.504 e. The number of hydroxylamine groups is 2. The summed E-state index contributed by atoms with van der Waals surface area (Å²) in [6.45, 7) is 3.47. The first-order valence-corrected chi connectivity index (χ1v) is 18.9. The van der Waals surface area contributed by atoms with Gasteiger partial charge in [0.05, 0.1) is 24.0 Å². The van der Waals surface area contributed by atoms with Crippen molar-refractivity contribution >= 4 is 59.3 Å². The number of nitrogens with zero attached hydrogens (tertiary/aromatic N) is 4. The van der Waals surface area contributed by atoms with Crippen molar-refractivity contribution in [2.45, 2.75) is 77.7 Å². The van der Waals surface area contributed by atoms with Crippen molar-refractivity contribution in [2.75, 3.05) is 25.5 Å². The van der Waals surface area contributed by atoms with Gasteiger partial charge in [-0.3, -0.25) is 24.2 Å². The third-order valence-corrected chi connectivity index (χ3v) is 8.96. The van der Waals surface area contributed by atoms with E-state index in [1.54, 1.807) is 12.1 Å². The third kappa shape index (κ3) is 10.3. The fourth-order valence-corrected chi connectivity index (χ4v) is 6.32. The van der Waals surface area contributed by atoms with E-state index in [2.05, 4.69) is 17.2 Å². The number of fused-ring (bicyclic) bond motifs is 3. The quantitative estimate of drug-likeness (QED) is 0.0522. The Labute approximate surface area is 304 Å². The number of phenolic OH excluding ortho intramolecular Hbond substituents is 1. The monoisotopic (exact) mass is 754 g/mol. The number of nitrogen functional groups attached to an aromatic ring is 1. The van der Waals surface area contributed by atoms with Crippen LogP contribution in [-0.2, 0) is 52.7 Å². The van der Waals surface area contributed by atoms with Crippen LogP contribution in [0.3, 0.4) is 0 Å². The van der Waals surface area contributed by atoms with Crippen LogP contribution in [0.15, 0.2) is 36.4 Å². The topological polar surface area (TPSA) is 246 Å². The van der Waals surface area contributed by atoms with E-state index in [9.17, 15) is 38.6 Å². The molecule has 18 heteroatoms. The number of carbonyl (C=O) groups is 4. The molecule has 4 aromatic rings. The number of benzene rings is 2. The maximum atomic E-state index is 12.0. The molecule has 0 atom stereocenters. The lowest BCUT2D eigenvalue weighted by Gasteiger charge is -2.15. The van der Waals surface area contributed by atoms with Gasteiger partial charge in [0, 0.05) is 56.4 Å². The summed E-state index contributed by atoms with van der Waals surface area (Å²) in [5.74, 6) is -2.04. The maximum absolute atomic E-state index is 12.0. The predicted octanol–water partition coefficient (Wildman–Crippen LogP) is 3.58. The molecule has 1 aliphatic heterocycles. The Morgan fingerprint density at radius 1 is 1.00 bits per heavy atom. The number of aromatic nitrogens is 3. The second-order valence-corrected chi connectivity index (χ2v) is 13.7.